The number of benzene rings is 1. The van der Waals surface area contributed by atoms with Crippen LogP contribution in [0.3, 0.4) is 0 Å². The lowest BCUT2D eigenvalue weighted by atomic mass is 10.1. The van der Waals surface area contributed by atoms with Crippen molar-refractivity contribution in [1.82, 2.24) is 4.90 Å². The Bertz CT molecular complexity index is 464. The molecule has 2 heterocycles. The average Bonchev–Trinajstić information content (AvgIpc) is 2.82. The first-order chi connectivity index (χ1) is 9.22. The fourth-order valence-electron chi connectivity index (χ4n) is 2.70. The van der Waals surface area contributed by atoms with Crippen molar-refractivity contribution in [3.63, 3.8) is 0 Å². The summed E-state index contributed by atoms with van der Waals surface area (Å²) in [6.07, 6.45) is 1.24. The van der Waals surface area contributed by atoms with Gasteiger partial charge in [0.15, 0.2) is 11.5 Å². The molecule has 1 atom stereocenters. The zero-order chi connectivity index (χ0) is 13.2. The Morgan fingerprint density at radius 1 is 1.32 bits per heavy atom. The molecule has 2 aliphatic rings. The van der Waals surface area contributed by atoms with Gasteiger partial charge in [0.2, 0.25) is 0 Å². The second kappa shape index (κ2) is 5.17. The van der Waals surface area contributed by atoms with Crippen LogP contribution in [0.25, 0.3) is 0 Å². The maximum absolute atomic E-state index is 6.05. The average molecular weight is 263 g/mol. The van der Waals surface area contributed by atoms with Gasteiger partial charge in [-0.05, 0) is 25.9 Å². The van der Waals surface area contributed by atoms with E-state index in [1.165, 1.54) is 13.0 Å². The van der Waals surface area contributed by atoms with Crippen LogP contribution in [-0.2, 0) is 0 Å². The van der Waals surface area contributed by atoms with Crippen LogP contribution in [0.1, 0.15) is 6.42 Å². The maximum Gasteiger partial charge on any atom is 0.163 e. The third-order valence-electron chi connectivity index (χ3n) is 3.78. The minimum absolute atomic E-state index is 0.591. The molecule has 1 aromatic carbocycles. The van der Waals surface area contributed by atoms with Crippen molar-refractivity contribution in [2.45, 2.75) is 6.42 Å². The number of nitrogen functional groups attached to an aromatic ring is 1. The lowest BCUT2D eigenvalue weighted by Crippen LogP contribution is -2.20. The van der Waals surface area contributed by atoms with Crippen LogP contribution in [0.2, 0.25) is 0 Å². The van der Waals surface area contributed by atoms with Crippen molar-refractivity contribution >= 4 is 11.4 Å². The van der Waals surface area contributed by atoms with E-state index in [2.05, 4.69) is 17.3 Å². The standard InChI is InChI=1S/C14H21N3O2/c1-17-3-2-10(9-17)8-16-12-7-14-13(6-11(12)15)18-4-5-19-14/h6-7,10,16H,2-5,8-9,15H2,1H3. The number of nitrogens with two attached hydrogens (primary N) is 1. The summed E-state index contributed by atoms with van der Waals surface area (Å²) in [6.45, 7) is 4.48. The van der Waals surface area contributed by atoms with Crippen LogP contribution in [0.15, 0.2) is 12.1 Å². The highest BCUT2D eigenvalue weighted by Gasteiger charge is 2.20. The molecule has 5 nitrogen and oxygen atoms in total. The minimum Gasteiger partial charge on any atom is -0.486 e. The molecular formula is C14H21N3O2. The lowest BCUT2D eigenvalue weighted by molar-refractivity contribution is 0.172. The molecule has 0 bridgehead atoms. The summed E-state index contributed by atoms with van der Waals surface area (Å²) in [7, 11) is 2.17. The van der Waals surface area contributed by atoms with Crippen molar-refractivity contribution in [2.75, 3.05) is 50.9 Å². The van der Waals surface area contributed by atoms with Gasteiger partial charge in [-0.15, -0.1) is 0 Å². The lowest BCUT2D eigenvalue weighted by Gasteiger charge is -2.21. The molecule has 0 radical (unpaired) electrons. The maximum atomic E-state index is 6.05. The van der Waals surface area contributed by atoms with Gasteiger partial charge in [-0.1, -0.05) is 0 Å². The van der Waals surface area contributed by atoms with Gasteiger partial charge in [0.25, 0.3) is 0 Å². The van der Waals surface area contributed by atoms with Gasteiger partial charge in [0.1, 0.15) is 13.2 Å². The highest BCUT2D eigenvalue weighted by Crippen LogP contribution is 2.37. The van der Waals surface area contributed by atoms with Gasteiger partial charge in [0.05, 0.1) is 11.4 Å². The van der Waals surface area contributed by atoms with Crippen molar-refractivity contribution < 1.29 is 9.47 Å². The van der Waals surface area contributed by atoms with Crippen LogP contribution < -0.4 is 20.5 Å². The molecule has 0 aromatic heterocycles. The number of hydrogen-bond acceptors (Lipinski definition) is 5. The predicted molar refractivity (Wildman–Crippen MR) is 75.9 cm³/mol. The van der Waals surface area contributed by atoms with Gasteiger partial charge < -0.3 is 25.4 Å². The molecule has 0 aliphatic carbocycles. The molecule has 1 saturated heterocycles. The fraction of sp³-hybridized carbons (Fsp3) is 0.571. The first kappa shape index (κ1) is 12.4. The van der Waals surface area contributed by atoms with Crippen LogP contribution in [0.5, 0.6) is 11.5 Å². The largest absolute Gasteiger partial charge is 0.486 e. The number of hydrogen-bond donors (Lipinski definition) is 2. The molecule has 19 heavy (non-hydrogen) atoms. The fourth-order valence-corrected chi connectivity index (χ4v) is 2.70. The second-order valence-electron chi connectivity index (χ2n) is 5.38. The summed E-state index contributed by atoms with van der Waals surface area (Å²) in [5.74, 6) is 2.22. The highest BCUT2D eigenvalue weighted by atomic mass is 16.6. The molecule has 2 aliphatic heterocycles. The van der Waals surface area contributed by atoms with E-state index in [-0.39, 0.29) is 0 Å². The SMILES string of the molecule is CN1CCC(CNc2cc3c(cc2N)OCCO3)C1. The number of rotatable bonds is 3. The summed E-state index contributed by atoms with van der Waals surface area (Å²) < 4.78 is 11.1. The van der Waals surface area contributed by atoms with Crippen molar-refractivity contribution in [2.24, 2.45) is 5.92 Å². The molecular weight excluding hydrogens is 242 g/mol. The summed E-state index contributed by atoms with van der Waals surface area (Å²) in [4.78, 5) is 2.36. The van der Waals surface area contributed by atoms with Gasteiger partial charge in [-0.3, -0.25) is 0 Å². The summed E-state index contributed by atoms with van der Waals surface area (Å²) >= 11 is 0. The smallest absolute Gasteiger partial charge is 0.163 e. The summed E-state index contributed by atoms with van der Waals surface area (Å²) in [5, 5.41) is 3.44. The molecule has 0 saturated carbocycles. The van der Waals surface area contributed by atoms with Gasteiger partial charge in [0, 0.05) is 25.2 Å². The molecule has 0 spiro atoms. The zero-order valence-electron chi connectivity index (χ0n) is 11.3. The van der Waals surface area contributed by atoms with E-state index in [0.717, 1.165) is 36.0 Å². The molecule has 0 amide bonds. The number of nitrogens with one attached hydrogen (secondary N) is 1. The predicted octanol–water partition coefficient (Wildman–Crippen LogP) is 1.40. The minimum atomic E-state index is 0.591. The van der Waals surface area contributed by atoms with E-state index in [1.807, 2.05) is 12.1 Å². The van der Waals surface area contributed by atoms with Crippen molar-refractivity contribution in [3.05, 3.63) is 12.1 Å². The number of anilines is 2. The highest BCUT2D eigenvalue weighted by molar-refractivity contribution is 5.72. The van der Waals surface area contributed by atoms with Gasteiger partial charge in [-0.25, -0.2) is 0 Å². The van der Waals surface area contributed by atoms with E-state index >= 15 is 0 Å². The van der Waals surface area contributed by atoms with Crippen LogP contribution in [0.4, 0.5) is 11.4 Å². The normalized spacial score (nSPS) is 22.5. The third kappa shape index (κ3) is 2.71. The molecule has 1 unspecified atom stereocenters. The molecule has 3 N–H and O–H groups in total. The third-order valence-corrected chi connectivity index (χ3v) is 3.78. The Hall–Kier alpha value is -1.62. The topological polar surface area (TPSA) is 59.8 Å². The van der Waals surface area contributed by atoms with E-state index in [9.17, 15) is 0 Å². The molecule has 3 rings (SSSR count). The van der Waals surface area contributed by atoms with Crippen LogP contribution >= 0.6 is 0 Å². The van der Waals surface area contributed by atoms with Crippen LogP contribution in [0, 0.1) is 5.92 Å². The Morgan fingerprint density at radius 3 is 2.74 bits per heavy atom. The quantitative estimate of drug-likeness (QED) is 0.807. The van der Waals surface area contributed by atoms with E-state index in [4.69, 9.17) is 15.2 Å². The van der Waals surface area contributed by atoms with Crippen molar-refractivity contribution in [1.29, 1.82) is 0 Å². The number of nitrogens with zero attached hydrogens (tertiary/aromatic N) is 1. The Kier molecular flexibility index (Phi) is 3.38. The van der Waals surface area contributed by atoms with E-state index in [0.29, 0.717) is 19.1 Å². The van der Waals surface area contributed by atoms with E-state index in [1.54, 1.807) is 0 Å². The summed E-state index contributed by atoms with van der Waals surface area (Å²) in [5.41, 5.74) is 7.71. The monoisotopic (exact) mass is 263 g/mol. The number of ether oxygens (including phenoxy) is 2. The number of likely N-dealkylation sites (tertiary alicyclic amines) is 1. The molecule has 1 aromatic rings. The van der Waals surface area contributed by atoms with Gasteiger partial charge in [-0.2, -0.15) is 0 Å². The van der Waals surface area contributed by atoms with E-state index < -0.39 is 0 Å². The Labute approximate surface area is 113 Å². The van der Waals surface area contributed by atoms with Gasteiger partial charge >= 0.3 is 0 Å². The Balaban J connectivity index is 1.67. The zero-order valence-corrected chi connectivity index (χ0v) is 11.3. The summed E-state index contributed by atoms with van der Waals surface area (Å²) in [6, 6.07) is 3.79. The first-order valence-electron chi connectivity index (χ1n) is 6.84. The van der Waals surface area contributed by atoms with Crippen LogP contribution in [-0.4, -0.2) is 44.8 Å². The molecule has 5 heteroatoms. The molecule has 104 valence electrons. The second-order valence-corrected chi connectivity index (χ2v) is 5.38. The first-order valence-corrected chi connectivity index (χ1v) is 6.84. The van der Waals surface area contributed by atoms with Crippen molar-refractivity contribution in [3.8, 4) is 11.5 Å². The molecule has 1 fully saturated rings. The number of fused-ring (bicyclic) bond motifs is 1. The Morgan fingerprint density at radius 2 is 2.05 bits per heavy atom.